The molecular weight excluding hydrogens is 346 g/mol. The lowest BCUT2D eigenvalue weighted by molar-refractivity contribution is -0.385. The van der Waals surface area contributed by atoms with Crippen molar-refractivity contribution in [1.82, 2.24) is 0 Å². The van der Waals surface area contributed by atoms with Gasteiger partial charge in [0.05, 0.1) is 15.5 Å². The number of nitro benzene ring substituents is 1. The van der Waals surface area contributed by atoms with E-state index in [1.165, 1.54) is 24.0 Å². The zero-order valence-electron chi connectivity index (χ0n) is 13.9. The number of nitrogens with one attached hydrogen (secondary N) is 1. The Morgan fingerprint density at radius 1 is 1.16 bits per heavy atom. The molecule has 8 nitrogen and oxygen atoms in total. The molecule has 9 heteroatoms. The third kappa shape index (κ3) is 4.32. The molecule has 0 bridgehead atoms. The molecule has 0 aromatic heterocycles. The fourth-order valence-corrected chi connectivity index (χ4v) is 2.99. The Morgan fingerprint density at radius 3 is 2.24 bits per heavy atom. The maximum absolute atomic E-state index is 11.9. The molecule has 0 atom stereocenters. The lowest BCUT2D eigenvalue weighted by Gasteiger charge is -2.16. The van der Waals surface area contributed by atoms with Gasteiger partial charge < -0.3 is 10.2 Å². The van der Waals surface area contributed by atoms with Crippen LogP contribution in [0.1, 0.15) is 6.92 Å². The smallest absolute Gasteiger partial charge is 0.270 e. The van der Waals surface area contributed by atoms with Gasteiger partial charge in [0, 0.05) is 43.7 Å². The summed E-state index contributed by atoms with van der Waals surface area (Å²) in [6.07, 6.45) is 0.988. The van der Waals surface area contributed by atoms with E-state index in [0.717, 1.165) is 12.3 Å². The topological polar surface area (TPSA) is 110 Å². The van der Waals surface area contributed by atoms with Gasteiger partial charge in [0.2, 0.25) is 5.91 Å². The summed E-state index contributed by atoms with van der Waals surface area (Å²) in [5.41, 5.74) is 1.20. The van der Waals surface area contributed by atoms with Crippen molar-refractivity contribution >= 4 is 38.5 Å². The first-order valence-electron chi connectivity index (χ1n) is 7.19. The number of sulfone groups is 1. The Balaban J connectivity index is 2.37. The van der Waals surface area contributed by atoms with Crippen molar-refractivity contribution in [2.24, 2.45) is 0 Å². The molecule has 0 heterocycles. The molecular formula is C16H17N3O5S. The molecule has 1 N–H and O–H groups in total. The van der Waals surface area contributed by atoms with Gasteiger partial charge in [-0.3, -0.25) is 14.9 Å². The highest BCUT2D eigenvalue weighted by molar-refractivity contribution is 7.90. The van der Waals surface area contributed by atoms with Crippen LogP contribution in [0.2, 0.25) is 0 Å². The zero-order chi connectivity index (χ0) is 18.8. The number of nitrogens with zero attached hydrogens (tertiary/aromatic N) is 2. The van der Waals surface area contributed by atoms with E-state index in [1.54, 1.807) is 31.3 Å². The summed E-state index contributed by atoms with van der Waals surface area (Å²) < 4.78 is 23.9. The predicted molar refractivity (Wildman–Crippen MR) is 95.0 cm³/mol. The van der Waals surface area contributed by atoms with Crippen LogP contribution >= 0.6 is 0 Å². The van der Waals surface area contributed by atoms with Gasteiger partial charge in [-0.2, -0.15) is 0 Å². The van der Waals surface area contributed by atoms with Gasteiger partial charge in [-0.15, -0.1) is 0 Å². The predicted octanol–water partition coefficient (Wildman–Crippen LogP) is 2.72. The van der Waals surface area contributed by atoms with Crippen molar-refractivity contribution in [2.75, 3.05) is 23.5 Å². The van der Waals surface area contributed by atoms with Gasteiger partial charge in [-0.1, -0.05) is 0 Å². The minimum absolute atomic E-state index is 0.115. The number of nitro groups is 1. The van der Waals surface area contributed by atoms with E-state index in [1.807, 2.05) is 0 Å². The van der Waals surface area contributed by atoms with Crippen molar-refractivity contribution < 1.29 is 18.1 Å². The fourth-order valence-electron chi connectivity index (χ4n) is 2.14. The van der Waals surface area contributed by atoms with Gasteiger partial charge in [0.1, 0.15) is 0 Å². The average molecular weight is 363 g/mol. The quantitative estimate of drug-likeness (QED) is 0.646. The Bertz CT molecular complexity index is 923. The summed E-state index contributed by atoms with van der Waals surface area (Å²) in [4.78, 5) is 22.9. The molecule has 0 aliphatic rings. The Labute approximate surface area is 145 Å². The maximum Gasteiger partial charge on any atom is 0.270 e. The normalized spacial score (nSPS) is 11.0. The Hall–Kier alpha value is -2.94. The van der Waals surface area contributed by atoms with Crippen LogP contribution < -0.4 is 10.2 Å². The summed E-state index contributed by atoms with van der Waals surface area (Å²) in [6, 6.07) is 10.4. The van der Waals surface area contributed by atoms with Gasteiger partial charge >= 0.3 is 0 Å². The van der Waals surface area contributed by atoms with E-state index >= 15 is 0 Å². The number of rotatable bonds is 5. The monoisotopic (exact) mass is 363 g/mol. The minimum atomic E-state index is -3.66. The average Bonchev–Trinajstić information content (AvgIpc) is 2.54. The summed E-state index contributed by atoms with van der Waals surface area (Å²) >= 11 is 0. The molecule has 132 valence electrons. The molecule has 2 rings (SSSR count). The highest BCUT2D eigenvalue weighted by Gasteiger charge is 2.18. The minimum Gasteiger partial charge on any atom is -0.354 e. The molecule has 0 radical (unpaired) electrons. The molecule has 0 aliphatic carbocycles. The molecule has 0 saturated carbocycles. The molecule has 0 spiro atoms. The van der Waals surface area contributed by atoms with Crippen LogP contribution in [0.25, 0.3) is 0 Å². The largest absolute Gasteiger partial charge is 0.354 e. The second-order valence-electron chi connectivity index (χ2n) is 5.46. The van der Waals surface area contributed by atoms with Crippen LogP contribution in [-0.2, 0) is 14.6 Å². The molecule has 0 saturated heterocycles. The maximum atomic E-state index is 11.9. The molecule has 2 aromatic carbocycles. The van der Waals surface area contributed by atoms with Gasteiger partial charge in [0.15, 0.2) is 9.84 Å². The number of carbonyl (C=O) groups excluding carboxylic acids is 1. The second-order valence-corrected chi connectivity index (χ2v) is 7.44. The summed E-state index contributed by atoms with van der Waals surface area (Å²) in [5, 5.41) is 13.8. The van der Waals surface area contributed by atoms with Crippen molar-refractivity contribution in [3.8, 4) is 0 Å². The number of anilines is 3. The molecule has 0 aliphatic heterocycles. The van der Waals surface area contributed by atoms with Crippen LogP contribution in [0.15, 0.2) is 47.4 Å². The van der Waals surface area contributed by atoms with Gasteiger partial charge in [-0.25, -0.2) is 8.42 Å². The number of benzene rings is 2. The Morgan fingerprint density at radius 2 is 1.76 bits per heavy atom. The summed E-state index contributed by atoms with van der Waals surface area (Å²) in [5.74, 6) is -0.115. The molecule has 0 unspecified atom stereocenters. The van der Waals surface area contributed by atoms with Crippen LogP contribution in [0.4, 0.5) is 22.7 Å². The highest BCUT2D eigenvalue weighted by atomic mass is 32.2. The summed E-state index contributed by atoms with van der Waals surface area (Å²) in [7, 11) is -2.02. The van der Waals surface area contributed by atoms with Crippen molar-refractivity contribution in [1.29, 1.82) is 0 Å². The van der Waals surface area contributed by atoms with E-state index in [4.69, 9.17) is 0 Å². The van der Waals surface area contributed by atoms with Crippen molar-refractivity contribution in [2.45, 2.75) is 11.8 Å². The number of non-ortho nitro benzene ring substituents is 1. The van der Waals surface area contributed by atoms with Crippen molar-refractivity contribution in [3.63, 3.8) is 0 Å². The first kappa shape index (κ1) is 18.4. The van der Waals surface area contributed by atoms with Crippen LogP contribution in [0.5, 0.6) is 0 Å². The molecule has 25 heavy (non-hydrogen) atoms. The second kappa shape index (κ2) is 6.89. The van der Waals surface area contributed by atoms with Gasteiger partial charge in [0.25, 0.3) is 5.69 Å². The van der Waals surface area contributed by atoms with E-state index < -0.39 is 14.8 Å². The molecule has 2 aromatic rings. The van der Waals surface area contributed by atoms with Crippen molar-refractivity contribution in [3.05, 3.63) is 52.6 Å². The first-order valence-corrected chi connectivity index (χ1v) is 9.08. The first-order chi connectivity index (χ1) is 11.6. The van der Waals surface area contributed by atoms with E-state index in [2.05, 4.69) is 5.32 Å². The van der Waals surface area contributed by atoms with Gasteiger partial charge in [-0.05, 0) is 30.3 Å². The lowest BCUT2D eigenvalue weighted by Crippen LogP contribution is -2.22. The number of hydrogen-bond donors (Lipinski definition) is 1. The number of hydrogen-bond acceptors (Lipinski definition) is 6. The third-order valence-electron chi connectivity index (χ3n) is 3.58. The Kier molecular flexibility index (Phi) is 5.07. The lowest BCUT2D eigenvalue weighted by atomic mass is 10.2. The SMILES string of the molecule is CC(=O)N(C)c1ccc(Nc2ccc([N+](=O)[O-])cc2S(C)(=O)=O)cc1. The number of carbonyl (C=O) groups is 1. The number of amides is 1. The fraction of sp³-hybridized carbons (Fsp3) is 0.188. The third-order valence-corrected chi connectivity index (χ3v) is 4.72. The molecule has 0 fully saturated rings. The molecule has 1 amide bonds. The zero-order valence-corrected chi connectivity index (χ0v) is 14.7. The highest BCUT2D eigenvalue weighted by Crippen LogP contribution is 2.29. The van der Waals surface area contributed by atoms with E-state index in [-0.39, 0.29) is 22.2 Å². The standard InChI is InChI=1S/C16H17N3O5S/c1-11(20)18(2)13-6-4-12(5-7-13)17-15-9-8-14(19(21)22)10-16(15)25(3,23)24/h4-10,17H,1-3H3. The summed E-state index contributed by atoms with van der Waals surface area (Å²) in [6.45, 7) is 1.45. The van der Waals surface area contributed by atoms with Crippen LogP contribution in [0.3, 0.4) is 0 Å². The van der Waals surface area contributed by atoms with Crippen LogP contribution in [0, 0.1) is 10.1 Å². The van der Waals surface area contributed by atoms with Crippen LogP contribution in [-0.4, -0.2) is 32.6 Å². The van der Waals surface area contributed by atoms with E-state index in [0.29, 0.717) is 11.4 Å². The van der Waals surface area contributed by atoms with E-state index in [9.17, 15) is 23.3 Å².